The number of para-hydroxylation sites is 3. The maximum absolute atomic E-state index is 2.25. The van der Waals surface area contributed by atoms with Crippen LogP contribution in [0.25, 0.3) is 0 Å². The third kappa shape index (κ3) is 3.19. The van der Waals surface area contributed by atoms with Crippen LogP contribution in [-0.4, -0.2) is 12.0 Å². The molecule has 0 amide bonds. The zero-order valence-corrected chi connectivity index (χ0v) is 13.5. The van der Waals surface area contributed by atoms with Crippen LogP contribution in [0, 0.1) is 0 Å². The fourth-order valence-electron chi connectivity index (χ4n) is 3.22. The third-order valence-electron chi connectivity index (χ3n) is 4.15. The van der Waals surface area contributed by atoms with Crippen molar-refractivity contribution in [3.8, 4) is 0 Å². The van der Waals surface area contributed by atoms with Crippen LogP contribution in [0.2, 0.25) is 0 Å². The summed E-state index contributed by atoms with van der Waals surface area (Å²) >= 11 is 0. The summed E-state index contributed by atoms with van der Waals surface area (Å²) in [5.74, 6) is 0. The van der Waals surface area contributed by atoms with Gasteiger partial charge in [0.25, 0.3) is 0 Å². The first-order valence-corrected chi connectivity index (χ1v) is 7.93. The van der Waals surface area contributed by atoms with Gasteiger partial charge in [-0.05, 0) is 42.8 Å². The highest BCUT2D eigenvalue weighted by atomic mass is 16.0. The predicted octanol–water partition coefficient (Wildman–Crippen LogP) is 5.89. The zero-order valence-electron chi connectivity index (χ0n) is 13.5. The minimum absolute atomic E-state index is 0. The molecular weight excluding hydrogens is 282 g/mol. The molecule has 0 aliphatic rings. The maximum atomic E-state index is 2.25. The molecule has 0 aliphatic carbocycles. The summed E-state index contributed by atoms with van der Waals surface area (Å²) in [6.07, 6.45) is 1.11. The Morgan fingerprint density at radius 1 is 0.565 bits per heavy atom. The van der Waals surface area contributed by atoms with E-state index in [0.29, 0.717) is 0 Å². The van der Waals surface area contributed by atoms with Crippen LogP contribution in [0.15, 0.2) is 91.0 Å². The van der Waals surface area contributed by atoms with Gasteiger partial charge >= 0.3 is 0 Å². The first-order valence-electron chi connectivity index (χ1n) is 7.93. The lowest BCUT2D eigenvalue weighted by atomic mass is 10.1. The van der Waals surface area contributed by atoms with Crippen molar-refractivity contribution in [1.29, 1.82) is 0 Å². The third-order valence-corrected chi connectivity index (χ3v) is 4.15. The fourth-order valence-corrected chi connectivity index (χ4v) is 3.22. The van der Waals surface area contributed by atoms with Crippen LogP contribution >= 0.6 is 0 Å². The van der Waals surface area contributed by atoms with Gasteiger partial charge in [-0.25, -0.2) is 4.48 Å². The molecule has 1 N–H and O–H groups in total. The highest BCUT2D eigenvalue weighted by Crippen LogP contribution is 2.43. The van der Waals surface area contributed by atoms with Gasteiger partial charge in [0.1, 0.15) is 17.1 Å². The molecule has 0 aromatic heterocycles. The molecule has 3 aromatic rings. The SMILES string of the molecule is CCC[N+](c1ccccc1)(c1ccccc1)c1ccccc1.[OH-]. The normalized spacial score (nSPS) is 10.8. The second-order valence-electron chi connectivity index (χ2n) is 5.54. The monoisotopic (exact) mass is 305 g/mol. The molecule has 0 aliphatic heterocycles. The van der Waals surface area contributed by atoms with E-state index in [-0.39, 0.29) is 5.48 Å². The molecule has 118 valence electrons. The van der Waals surface area contributed by atoms with Gasteiger partial charge in [-0.1, -0.05) is 61.5 Å². The van der Waals surface area contributed by atoms with Crippen LogP contribution in [0.1, 0.15) is 13.3 Å². The highest BCUT2D eigenvalue weighted by molar-refractivity contribution is 5.70. The lowest BCUT2D eigenvalue weighted by Gasteiger charge is -2.37. The number of nitrogens with zero attached hydrogens (tertiary/aromatic N) is 1. The van der Waals surface area contributed by atoms with E-state index in [1.807, 2.05) is 0 Å². The van der Waals surface area contributed by atoms with Crippen LogP contribution in [0.3, 0.4) is 0 Å². The molecule has 2 heteroatoms. The largest absolute Gasteiger partial charge is 0.870 e. The molecule has 0 spiro atoms. The lowest BCUT2D eigenvalue weighted by molar-refractivity contribution is 0.511. The Hall–Kier alpha value is -2.42. The van der Waals surface area contributed by atoms with E-state index in [9.17, 15) is 0 Å². The van der Waals surface area contributed by atoms with E-state index in [2.05, 4.69) is 97.9 Å². The Kier molecular flexibility index (Phi) is 5.69. The molecule has 0 fully saturated rings. The quantitative estimate of drug-likeness (QED) is 0.540. The van der Waals surface area contributed by atoms with Gasteiger partial charge in [0, 0.05) is 0 Å². The Morgan fingerprint density at radius 2 is 0.870 bits per heavy atom. The highest BCUT2D eigenvalue weighted by Gasteiger charge is 2.34. The second-order valence-corrected chi connectivity index (χ2v) is 5.54. The topological polar surface area (TPSA) is 30.0 Å². The van der Waals surface area contributed by atoms with Crippen molar-refractivity contribution in [2.45, 2.75) is 13.3 Å². The van der Waals surface area contributed by atoms with E-state index in [0.717, 1.165) is 17.4 Å². The first-order chi connectivity index (χ1) is 10.9. The Morgan fingerprint density at radius 3 is 1.13 bits per heavy atom. The standard InChI is InChI=1S/C21H22N.H2O/c1-2-18-22(19-12-6-3-7-13-19,20-14-8-4-9-15-20)21-16-10-5-11-17-21;/h3-17H,2,18H2,1H3;1H2/q+1;/p-1. The Balaban J connectivity index is 0.00000192. The van der Waals surface area contributed by atoms with Crippen molar-refractivity contribution in [3.05, 3.63) is 91.0 Å². The second kappa shape index (κ2) is 7.73. The summed E-state index contributed by atoms with van der Waals surface area (Å²) in [5, 5.41) is 0. The first kappa shape index (κ1) is 16.9. The molecular formula is C21H23NO. The molecule has 0 saturated carbocycles. The van der Waals surface area contributed by atoms with Crippen molar-refractivity contribution in [3.63, 3.8) is 0 Å². The summed E-state index contributed by atoms with van der Waals surface area (Å²) in [6.45, 7) is 3.29. The summed E-state index contributed by atoms with van der Waals surface area (Å²) in [4.78, 5) is 0. The van der Waals surface area contributed by atoms with Crippen LogP contribution < -0.4 is 4.48 Å². The van der Waals surface area contributed by atoms with Crippen LogP contribution in [0.4, 0.5) is 17.1 Å². The molecule has 0 bridgehead atoms. The van der Waals surface area contributed by atoms with Gasteiger partial charge in [0.05, 0.1) is 6.54 Å². The van der Waals surface area contributed by atoms with Gasteiger partial charge < -0.3 is 5.48 Å². The van der Waals surface area contributed by atoms with E-state index >= 15 is 0 Å². The number of benzene rings is 3. The number of hydrogen-bond acceptors (Lipinski definition) is 1. The lowest BCUT2D eigenvalue weighted by Crippen LogP contribution is -2.39. The van der Waals surface area contributed by atoms with E-state index in [1.54, 1.807) is 0 Å². The van der Waals surface area contributed by atoms with Gasteiger partial charge in [0.15, 0.2) is 0 Å². The number of quaternary nitrogens is 1. The fraction of sp³-hybridized carbons (Fsp3) is 0.143. The molecule has 0 heterocycles. The van der Waals surface area contributed by atoms with E-state index in [1.165, 1.54) is 17.1 Å². The molecule has 2 nitrogen and oxygen atoms in total. The molecule has 0 atom stereocenters. The molecule has 3 rings (SSSR count). The maximum Gasteiger partial charge on any atom is 0.143 e. The summed E-state index contributed by atoms with van der Waals surface area (Å²) < 4.78 is 0.763. The number of rotatable bonds is 5. The van der Waals surface area contributed by atoms with Gasteiger partial charge in [0.2, 0.25) is 0 Å². The van der Waals surface area contributed by atoms with Gasteiger partial charge in [-0.15, -0.1) is 0 Å². The van der Waals surface area contributed by atoms with Crippen molar-refractivity contribution < 1.29 is 5.48 Å². The smallest absolute Gasteiger partial charge is 0.143 e. The van der Waals surface area contributed by atoms with Gasteiger partial charge in [-0.2, -0.15) is 0 Å². The summed E-state index contributed by atoms with van der Waals surface area (Å²) in [5.41, 5.74) is 3.92. The average Bonchev–Trinajstić information content (AvgIpc) is 2.62. The molecule has 23 heavy (non-hydrogen) atoms. The Labute approximate surface area is 138 Å². The Bertz CT molecular complexity index is 599. The molecule has 0 unspecified atom stereocenters. The molecule has 0 saturated heterocycles. The van der Waals surface area contributed by atoms with Crippen molar-refractivity contribution in [2.75, 3.05) is 6.54 Å². The summed E-state index contributed by atoms with van der Waals surface area (Å²) in [7, 11) is 0. The van der Waals surface area contributed by atoms with Crippen LogP contribution in [0.5, 0.6) is 0 Å². The van der Waals surface area contributed by atoms with Crippen LogP contribution in [-0.2, 0) is 0 Å². The van der Waals surface area contributed by atoms with Crippen molar-refractivity contribution in [1.82, 2.24) is 4.48 Å². The van der Waals surface area contributed by atoms with E-state index in [4.69, 9.17) is 0 Å². The minimum Gasteiger partial charge on any atom is -0.870 e. The zero-order chi connectivity index (χ0) is 15.3. The predicted molar refractivity (Wildman–Crippen MR) is 97.5 cm³/mol. The molecule has 0 radical (unpaired) electrons. The summed E-state index contributed by atoms with van der Waals surface area (Å²) in [6, 6.07) is 32.4. The van der Waals surface area contributed by atoms with Crippen molar-refractivity contribution in [2.24, 2.45) is 0 Å². The average molecular weight is 305 g/mol. The van der Waals surface area contributed by atoms with E-state index < -0.39 is 0 Å². The van der Waals surface area contributed by atoms with Crippen molar-refractivity contribution >= 4 is 17.1 Å². The number of hydrogen-bond donors (Lipinski definition) is 0. The minimum atomic E-state index is 0. The van der Waals surface area contributed by atoms with Gasteiger partial charge in [-0.3, -0.25) is 0 Å². The molecule has 3 aromatic carbocycles.